The third kappa shape index (κ3) is 4.51. The Bertz CT molecular complexity index is 940. The number of amides is 1. The van der Waals surface area contributed by atoms with Crippen molar-refractivity contribution in [1.82, 2.24) is 10.1 Å². The fraction of sp³-hybridized carbons (Fsp3) is 0.667. The highest BCUT2D eigenvalue weighted by molar-refractivity contribution is 5.88. The van der Waals surface area contributed by atoms with Crippen LogP contribution in [0.1, 0.15) is 52.9 Å². The number of nitrogens with zero attached hydrogens (tertiary/aromatic N) is 2. The van der Waals surface area contributed by atoms with Crippen molar-refractivity contribution in [2.45, 2.75) is 58.9 Å². The summed E-state index contributed by atoms with van der Waals surface area (Å²) in [4.78, 5) is 13.2. The number of aliphatic hydroxyl groups is 1. The van der Waals surface area contributed by atoms with Crippen molar-refractivity contribution in [3.63, 3.8) is 0 Å². The molecule has 8 nitrogen and oxygen atoms in total. The molecule has 4 rings (SSSR count). The summed E-state index contributed by atoms with van der Waals surface area (Å²) in [6.07, 6.45) is 3.69. The highest BCUT2D eigenvalue weighted by atomic mass is 16.5. The number of piperidine rings is 1. The second-order valence-corrected chi connectivity index (χ2v) is 10.5. The maximum absolute atomic E-state index is 11.7. The lowest BCUT2D eigenvalue weighted by molar-refractivity contribution is 0.000486. The van der Waals surface area contributed by atoms with Crippen LogP contribution in [0.15, 0.2) is 22.7 Å². The first kappa shape index (κ1) is 22.7. The smallest absolute Gasteiger partial charge is 0.407 e. The molecular weight excluding hydrogens is 412 g/mol. The van der Waals surface area contributed by atoms with E-state index in [1.807, 2.05) is 18.2 Å². The van der Waals surface area contributed by atoms with E-state index in [4.69, 9.17) is 14.0 Å². The molecule has 8 heteroatoms. The van der Waals surface area contributed by atoms with Crippen LogP contribution >= 0.6 is 0 Å². The minimum absolute atomic E-state index is 0.0626. The molecule has 0 bridgehead atoms. The normalized spacial score (nSPS) is 23.1. The van der Waals surface area contributed by atoms with E-state index in [2.05, 4.69) is 25.9 Å². The number of aromatic nitrogens is 1. The zero-order chi connectivity index (χ0) is 22.9. The van der Waals surface area contributed by atoms with Gasteiger partial charge in [0.15, 0.2) is 5.58 Å². The molecule has 2 unspecified atom stereocenters. The van der Waals surface area contributed by atoms with Gasteiger partial charge in [0.25, 0.3) is 5.88 Å². The molecule has 176 valence electrons. The van der Waals surface area contributed by atoms with Crippen LogP contribution in [0, 0.1) is 16.7 Å². The molecule has 1 aliphatic carbocycles. The molecule has 32 heavy (non-hydrogen) atoms. The molecular formula is C24H34N2O6. The Hall–Kier alpha value is -2.48. The van der Waals surface area contributed by atoms with Gasteiger partial charge >= 0.3 is 6.09 Å². The van der Waals surface area contributed by atoms with Crippen molar-refractivity contribution in [2.75, 3.05) is 26.4 Å². The van der Waals surface area contributed by atoms with Gasteiger partial charge in [-0.3, -0.25) is 0 Å². The molecule has 2 aliphatic rings. The molecule has 1 aromatic carbocycles. The quantitative estimate of drug-likeness (QED) is 0.643. The predicted molar refractivity (Wildman–Crippen MR) is 119 cm³/mol. The van der Waals surface area contributed by atoms with Crippen molar-refractivity contribution in [3.05, 3.63) is 18.2 Å². The summed E-state index contributed by atoms with van der Waals surface area (Å²) in [6, 6.07) is 5.49. The molecule has 2 aromatic rings. The van der Waals surface area contributed by atoms with E-state index in [1.165, 1.54) is 0 Å². The van der Waals surface area contributed by atoms with Crippen LogP contribution in [0.5, 0.6) is 11.6 Å². The van der Waals surface area contributed by atoms with Gasteiger partial charge in [-0.15, -0.1) is 0 Å². The number of ether oxygens (including phenoxy) is 2. The summed E-state index contributed by atoms with van der Waals surface area (Å²) < 4.78 is 17.7. The van der Waals surface area contributed by atoms with Crippen LogP contribution < -0.4 is 9.47 Å². The van der Waals surface area contributed by atoms with Crippen molar-refractivity contribution in [1.29, 1.82) is 0 Å². The Morgan fingerprint density at radius 2 is 2.09 bits per heavy atom. The lowest BCUT2D eigenvalue weighted by atomic mass is 9.70. The highest BCUT2D eigenvalue weighted by Gasteiger charge is 2.39. The molecule has 2 N–H and O–H groups in total. The monoisotopic (exact) mass is 446 g/mol. The first-order valence-electron chi connectivity index (χ1n) is 11.5. The van der Waals surface area contributed by atoms with Crippen LogP contribution in [0.2, 0.25) is 0 Å². The number of likely N-dealkylation sites (tertiary alicyclic amines) is 1. The number of benzene rings is 1. The van der Waals surface area contributed by atoms with Crippen LogP contribution in [0.25, 0.3) is 11.0 Å². The number of aliphatic hydroxyl groups excluding tert-OH is 1. The maximum Gasteiger partial charge on any atom is 0.407 e. The zero-order valence-electron chi connectivity index (χ0n) is 19.2. The number of carboxylic acid groups (broad SMARTS) is 1. The average molecular weight is 447 g/mol. The van der Waals surface area contributed by atoms with Crippen LogP contribution in [-0.4, -0.2) is 58.8 Å². The highest BCUT2D eigenvalue weighted by Crippen LogP contribution is 2.42. The number of hydrogen-bond donors (Lipinski definition) is 2. The van der Waals surface area contributed by atoms with Crippen LogP contribution in [0.3, 0.4) is 0 Å². The van der Waals surface area contributed by atoms with Gasteiger partial charge in [-0.1, -0.05) is 33.3 Å². The predicted octanol–water partition coefficient (Wildman–Crippen LogP) is 4.55. The van der Waals surface area contributed by atoms with E-state index in [-0.39, 0.29) is 29.4 Å². The average Bonchev–Trinajstić information content (AvgIpc) is 3.15. The van der Waals surface area contributed by atoms with Crippen molar-refractivity contribution in [3.8, 4) is 11.6 Å². The van der Waals surface area contributed by atoms with Gasteiger partial charge in [-0.25, -0.2) is 4.79 Å². The fourth-order valence-corrected chi connectivity index (χ4v) is 4.85. The molecule has 1 saturated heterocycles. The molecule has 2 atom stereocenters. The van der Waals surface area contributed by atoms with Gasteiger partial charge in [0.1, 0.15) is 11.1 Å². The van der Waals surface area contributed by atoms with E-state index < -0.39 is 6.09 Å². The van der Waals surface area contributed by atoms with E-state index >= 15 is 0 Å². The van der Waals surface area contributed by atoms with Gasteiger partial charge in [0.2, 0.25) is 0 Å². The molecule has 2 heterocycles. The lowest BCUT2D eigenvalue weighted by Gasteiger charge is -2.44. The number of carbonyl (C=O) groups is 1. The van der Waals surface area contributed by atoms with Crippen LogP contribution in [-0.2, 0) is 0 Å². The summed E-state index contributed by atoms with van der Waals surface area (Å²) in [5.74, 6) is 1.27. The maximum atomic E-state index is 11.7. The van der Waals surface area contributed by atoms with Crippen LogP contribution in [0.4, 0.5) is 4.79 Å². The van der Waals surface area contributed by atoms with E-state index in [9.17, 15) is 15.0 Å². The first-order valence-corrected chi connectivity index (χ1v) is 11.5. The Morgan fingerprint density at radius 3 is 2.72 bits per heavy atom. The third-order valence-electron chi connectivity index (χ3n) is 7.12. The molecule has 1 aromatic heterocycles. The van der Waals surface area contributed by atoms with E-state index in [0.29, 0.717) is 42.4 Å². The molecule has 1 saturated carbocycles. The number of rotatable bonds is 7. The molecule has 0 radical (unpaired) electrons. The zero-order valence-corrected chi connectivity index (χ0v) is 19.2. The first-order chi connectivity index (χ1) is 15.2. The Balaban J connectivity index is 1.45. The second kappa shape index (κ2) is 8.81. The Kier molecular flexibility index (Phi) is 6.25. The SMILES string of the molecule is CC(C)(C)C1CC(COc2noc3cccc(OCC4(CO)CCC4)c23)CCN1C(=O)O. The van der Waals surface area contributed by atoms with Gasteiger partial charge in [-0.05, 0) is 54.3 Å². The van der Waals surface area contributed by atoms with Gasteiger partial charge < -0.3 is 29.1 Å². The summed E-state index contributed by atoms with van der Waals surface area (Å²) in [7, 11) is 0. The van der Waals surface area contributed by atoms with E-state index in [0.717, 1.165) is 32.1 Å². The summed E-state index contributed by atoms with van der Waals surface area (Å²) >= 11 is 0. The molecule has 0 spiro atoms. The standard InChI is InChI=1S/C24H34N2O6/c1-23(2,3)19-12-16(8-11-26(19)22(28)29)13-30-21-20-17(6-4-7-18(20)32-25-21)31-15-24(14-27)9-5-10-24/h4,6-7,16,19,27H,5,8-15H2,1-3H3,(H,28,29). The minimum atomic E-state index is -0.860. The van der Waals surface area contributed by atoms with Gasteiger partial charge in [-0.2, -0.15) is 0 Å². The summed E-state index contributed by atoms with van der Waals surface area (Å²) in [5, 5.41) is 24.1. The van der Waals surface area contributed by atoms with E-state index in [1.54, 1.807) is 4.90 Å². The van der Waals surface area contributed by atoms with Crippen molar-refractivity contribution < 1.29 is 29.0 Å². The largest absolute Gasteiger partial charge is 0.492 e. The number of hydrogen-bond acceptors (Lipinski definition) is 6. The lowest BCUT2D eigenvalue weighted by Crippen LogP contribution is -2.52. The van der Waals surface area contributed by atoms with Gasteiger partial charge in [0, 0.05) is 18.0 Å². The van der Waals surface area contributed by atoms with Gasteiger partial charge in [0.05, 0.1) is 19.8 Å². The third-order valence-corrected chi connectivity index (χ3v) is 7.12. The number of fused-ring (bicyclic) bond motifs is 1. The Morgan fingerprint density at radius 1 is 1.31 bits per heavy atom. The summed E-state index contributed by atoms with van der Waals surface area (Å²) in [5.41, 5.74) is 0.293. The van der Waals surface area contributed by atoms with Crippen molar-refractivity contribution in [2.24, 2.45) is 16.7 Å². The minimum Gasteiger partial charge on any atom is -0.492 e. The molecule has 2 fully saturated rings. The Labute approximate surface area is 188 Å². The molecule has 1 aliphatic heterocycles. The van der Waals surface area contributed by atoms with Crippen molar-refractivity contribution >= 4 is 17.1 Å². The summed E-state index contributed by atoms with van der Waals surface area (Å²) in [6.45, 7) is 7.75. The molecule has 1 amide bonds. The topological polar surface area (TPSA) is 105 Å². The fourth-order valence-electron chi connectivity index (χ4n) is 4.85. The second-order valence-electron chi connectivity index (χ2n) is 10.5.